The number of ether oxygens (including phenoxy) is 1. The van der Waals surface area contributed by atoms with Crippen molar-refractivity contribution in [2.24, 2.45) is 5.92 Å². The number of carboxylic acid groups (broad SMARTS) is 1. The third-order valence-corrected chi connectivity index (χ3v) is 4.79. The van der Waals surface area contributed by atoms with E-state index in [4.69, 9.17) is 4.74 Å². The van der Waals surface area contributed by atoms with Crippen molar-refractivity contribution in [3.05, 3.63) is 35.4 Å². The lowest BCUT2D eigenvalue weighted by Crippen LogP contribution is -2.48. The Labute approximate surface area is 160 Å². The van der Waals surface area contributed by atoms with E-state index < -0.39 is 35.8 Å². The molecule has 2 atom stereocenters. The first-order chi connectivity index (χ1) is 13.1. The lowest BCUT2D eigenvalue weighted by molar-refractivity contribution is -0.146. The highest BCUT2D eigenvalue weighted by Crippen LogP contribution is 2.31. The zero-order valence-corrected chi connectivity index (χ0v) is 15.4. The molecule has 1 heterocycles. The van der Waals surface area contributed by atoms with Gasteiger partial charge in [0.25, 0.3) is 0 Å². The molecule has 0 aliphatic carbocycles. The van der Waals surface area contributed by atoms with Crippen molar-refractivity contribution >= 4 is 17.8 Å². The number of amides is 1. The van der Waals surface area contributed by atoms with Crippen molar-refractivity contribution < 1.29 is 37.4 Å². The van der Waals surface area contributed by atoms with Crippen molar-refractivity contribution in [3.63, 3.8) is 0 Å². The van der Waals surface area contributed by atoms with Gasteiger partial charge in [-0.25, -0.2) is 4.79 Å². The molecule has 1 amide bonds. The summed E-state index contributed by atoms with van der Waals surface area (Å²) in [6.07, 6.45) is -5.25. The van der Waals surface area contributed by atoms with Crippen LogP contribution in [0.3, 0.4) is 0 Å². The minimum Gasteiger partial charge on any atom is -0.466 e. The van der Waals surface area contributed by atoms with Crippen LogP contribution in [0.4, 0.5) is 18.0 Å². The van der Waals surface area contributed by atoms with Crippen LogP contribution in [0, 0.1) is 5.92 Å². The fraction of sp³-hybridized carbons (Fsp3) is 0.526. The molecule has 28 heavy (non-hydrogen) atoms. The van der Waals surface area contributed by atoms with Gasteiger partial charge in [0, 0.05) is 18.5 Å². The van der Waals surface area contributed by atoms with E-state index in [-0.39, 0.29) is 38.2 Å². The molecule has 0 spiro atoms. The molecule has 1 aliphatic heterocycles. The number of alkyl halides is 3. The number of ketones is 1. The first-order valence-electron chi connectivity index (χ1n) is 8.95. The molecule has 0 unspecified atom stereocenters. The number of halogens is 3. The van der Waals surface area contributed by atoms with Gasteiger partial charge in [-0.2, -0.15) is 13.2 Å². The van der Waals surface area contributed by atoms with E-state index in [0.717, 1.165) is 12.1 Å². The summed E-state index contributed by atoms with van der Waals surface area (Å²) in [5, 5.41) is 9.40. The van der Waals surface area contributed by atoms with Crippen LogP contribution in [0.5, 0.6) is 0 Å². The molecule has 1 aromatic carbocycles. The average molecular weight is 401 g/mol. The first-order valence-corrected chi connectivity index (χ1v) is 8.95. The van der Waals surface area contributed by atoms with Crippen LogP contribution >= 0.6 is 0 Å². The van der Waals surface area contributed by atoms with Gasteiger partial charge in [0.1, 0.15) is 12.2 Å². The maximum atomic E-state index is 12.7. The maximum absolute atomic E-state index is 12.7. The second kappa shape index (κ2) is 9.07. The lowest BCUT2D eigenvalue weighted by Gasteiger charge is -2.37. The van der Waals surface area contributed by atoms with Gasteiger partial charge in [-0.15, -0.1) is 0 Å². The number of esters is 1. The summed E-state index contributed by atoms with van der Waals surface area (Å²) in [4.78, 5) is 36.5. The van der Waals surface area contributed by atoms with E-state index in [9.17, 15) is 32.7 Å². The lowest BCUT2D eigenvalue weighted by atomic mass is 9.84. The number of rotatable bonds is 6. The molecule has 0 saturated carbocycles. The van der Waals surface area contributed by atoms with Crippen LogP contribution in [-0.2, 0) is 26.9 Å². The summed E-state index contributed by atoms with van der Waals surface area (Å²) in [6, 6.07) is 3.97. The van der Waals surface area contributed by atoms with Crippen LogP contribution in [0.1, 0.15) is 37.3 Å². The van der Waals surface area contributed by atoms with Gasteiger partial charge in [-0.1, -0.05) is 12.1 Å². The number of likely N-dealkylation sites (tertiary alicyclic amines) is 1. The summed E-state index contributed by atoms with van der Waals surface area (Å²) in [7, 11) is 0. The standard InChI is InChI=1S/C19H22F3NO5/c1-2-28-17(25)11-16(24)13-7-8-23(18(26)27)15(10-13)9-12-3-5-14(6-4-12)19(20,21)22/h3-6,13,15H,2,7-11H2,1H3,(H,26,27)/t13-,15+/m1/s1. The number of hydrogen-bond acceptors (Lipinski definition) is 4. The van der Waals surface area contributed by atoms with E-state index in [0.29, 0.717) is 12.0 Å². The number of hydrogen-bond donors (Lipinski definition) is 1. The Balaban J connectivity index is 2.08. The molecule has 1 saturated heterocycles. The predicted octanol–water partition coefficient (Wildman–Crippen LogP) is 3.53. The number of benzene rings is 1. The van der Waals surface area contributed by atoms with Gasteiger partial charge >= 0.3 is 18.2 Å². The molecule has 0 bridgehead atoms. The van der Waals surface area contributed by atoms with E-state index in [1.165, 1.54) is 17.0 Å². The Hall–Kier alpha value is -2.58. The molecule has 2 rings (SSSR count). The van der Waals surface area contributed by atoms with E-state index >= 15 is 0 Å². The van der Waals surface area contributed by atoms with Crippen molar-refractivity contribution in [2.45, 2.75) is 44.8 Å². The zero-order chi connectivity index (χ0) is 20.9. The molecule has 1 aromatic rings. The molecule has 1 fully saturated rings. The zero-order valence-electron chi connectivity index (χ0n) is 15.4. The van der Waals surface area contributed by atoms with Crippen LogP contribution in [-0.4, -0.2) is 47.0 Å². The molecule has 154 valence electrons. The monoisotopic (exact) mass is 401 g/mol. The molecular formula is C19H22F3NO5. The second-order valence-electron chi connectivity index (χ2n) is 6.70. The van der Waals surface area contributed by atoms with E-state index in [2.05, 4.69) is 0 Å². The van der Waals surface area contributed by atoms with Gasteiger partial charge in [-0.05, 0) is 43.9 Å². The smallest absolute Gasteiger partial charge is 0.416 e. The number of piperidine rings is 1. The van der Waals surface area contributed by atoms with Crippen LogP contribution in [0.15, 0.2) is 24.3 Å². The fourth-order valence-electron chi connectivity index (χ4n) is 3.39. The van der Waals surface area contributed by atoms with Crippen molar-refractivity contribution in [3.8, 4) is 0 Å². The van der Waals surface area contributed by atoms with Crippen molar-refractivity contribution in [1.29, 1.82) is 0 Å². The van der Waals surface area contributed by atoms with Crippen LogP contribution in [0.2, 0.25) is 0 Å². The predicted molar refractivity (Wildman–Crippen MR) is 92.6 cm³/mol. The van der Waals surface area contributed by atoms with Crippen LogP contribution in [0.25, 0.3) is 0 Å². The molecule has 0 aromatic heterocycles. The summed E-state index contributed by atoms with van der Waals surface area (Å²) < 4.78 is 42.8. The van der Waals surface area contributed by atoms with Gasteiger partial charge < -0.3 is 14.7 Å². The topological polar surface area (TPSA) is 83.9 Å². The highest BCUT2D eigenvalue weighted by molar-refractivity contribution is 5.96. The maximum Gasteiger partial charge on any atom is 0.416 e. The molecule has 9 heteroatoms. The quantitative estimate of drug-likeness (QED) is 0.582. The molecule has 1 N–H and O–H groups in total. The summed E-state index contributed by atoms with van der Waals surface area (Å²) >= 11 is 0. The minimum atomic E-state index is -4.44. The normalized spacial score (nSPS) is 19.9. The number of carbonyl (C=O) groups excluding carboxylic acids is 2. The number of Topliss-reactive ketones (excluding diaryl/α,β-unsaturated/α-hetero) is 1. The highest BCUT2D eigenvalue weighted by atomic mass is 19.4. The summed E-state index contributed by atoms with van der Waals surface area (Å²) in [5.74, 6) is -1.41. The van der Waals surface area contributed by atoms with Crippen molar-refractivity contribution in [1.82, 2.24) is 4.90 Å². The Morgan fingerprint density at radius 3 is 2.39 bits per heavy atom. The summed E-state index contributed by atoms with van der Waals surface area (Å²) in [5.41, 5.74) is -0.236. The molecule has 1 aliphatic rings. The number of carbonyl (C=O) groups is 3. The summed E-state index contributed by atoms with van der Waals surface area (Å²) in [6.45, 7) is 1.92. The minimum absolute atomic E-state index is 0.125. The second-order valence-corrected chi connectivity index (χ2v) is 6.70. The first kappa shape index (κ1) is 21.7. The van der Waals surface area contributed by atoms with Gasteiger partial charge in [0.2, 0.25) is 0 Å². The Morgan fingerprint density at radius 1 is 1.21 bits per heavy atom. The SMILES string of the molecule is CCOC(=O)CC(=O)[C@@H]1CCN(C(=O)O)[C@@H](Cc2ccc(C(F)(F)F)cc2)C1. The van der Waals surface area contributed by atoms with Gasteiger partial charge in [0.05, 0.1) is 12.2 Å². The number of nitrogens with zero attached hydrogens (tertiary/aromatic N) is 1. The Morgan fingerprint density at radius 2 is 1.86 bits per heavy atom. The van der Waals surface area contributed by atoms with Crippen LogP contribution < -0.4 is 0 Å². The Kier molecular flexibility index (Phi) is 7.04. The molecular weight excluding hydrogens is 379 g/mol. The third-order valence-electron chi connectivity index (χ3n) is 4.79. The average Bonchev–Trinajstić information content (AvgIpc) is 2.61. The van der Waals surface area contributed by atoms with Gasteiger partial charge in [-0.3, -0.25) is 9.59 Å². The third kappa shape index (κ3) is 5.71. The molecule has 0 radical (unpaired) electrons. The highest BCUT2D eigenvalue weighted by Gasteiger charge is 2.35. The van der Waals surface area contributed by atoms with E-state index in [1.54, 1.807) is 6.92 Å². The van der Waals surface area contributed by atoms with E-state index in [1.807, 2.05) is 0 Å². The van der Waals surface area contributed by atoms with Gasteiger partial charge in [0.15, 0.2) is 0 Å². The fourth-order valence-corrected chi connectivity index (χ4v) is 3.39. The largest absolute Gasteiger partial charge is 0.466 e. The molecule has 6 nitrogen and oxygen atoms in total. The van der Waals surface area contributed by atoms with Crippen molar-refractivity contribution in [2.75, 3.05) is 13.2 Å². The Bertz CT molecular complexity index is 717.